The summed E-state index contributed by atoms with van der Waals surface area (Å²) in [5, 5.41) is 4.88. The van der Waals surface area contributed by atoms with Crippen molar-refractivity contribution in [1.29, 1.82) is 0 Å². The van der Waals surface area contributed by atoms with Crippen LogP contribution in [0.1, 0.15) is 22.9 Å². The van der Waals surface area contributed by atoms with E-state index in [1.807, 2.05) is 17.5 Å². The molecular weight excluding hydrogens is 301 g/mol. The molecule has 3 aromatic rings. The van der Waals surface area contributed by atoms with Crippen molar-refractivity contribution in [3.05, 3.63) is 64.5 Å². The Hall–Kier alpha value is -2.47. The average Bonchev–Trinajstić information content (AvgIpc) is 3.16. The van der Waals surface area contributed by atoms with Gasteiger partial charge in [-0.3, -0.25) is 9.36 Å². The Balaban J connectivity index is 1.82. The number of anilines is 1. The lowest BCUT2D eigenvalue weighted by Crippen LogP contribution is -2.24. The largest absolute Gasteiger partial charge is 0.310 e. The van der Waals surface area contributed by atoms with Crippen LogP contribution in [0, 0.1) is 5.82 Å². The number of carbonyl (C=O) groups is 1. The van der Waals surface area contributed by atoms with E-state index in [4.69, 9.17) is 0 Å². The molecule has 1 aromatic carbocycles. The van der Waals surface area contributed by atoms with Gasteiger partial charge in [0.05, 0.1) is 5.69 Å². The predicted molar refractivity (Wildman–Crippen MR) is 82.9 cm³/mol. The standard InChI is InChI=1S/C16H12FN3OS/c17-10-3-5-11(6-4-10)20-9-18-15-12(13-2-1-7-22-13)8-14(21)19-16(15)20/h1-7,9,12H,8H2,(H,19,21). The summed E-state index contributed by atoms with van der Waals surface area (Å²) in [6.07, 6.45) is 2.07. The number of hydrogen-bond acceptors (Lipinski definition) is 3. The number of hydrogen-bond donors (Lipinski definition) is 1. The molecule has 1 atom stereocenters. The SMILES string of the molecule is O=C1CC(c2cccs2)c2ncn(-c3ccc(F)cc3)c2N1. The highest BCUT2D eigenvalue weighted by Gasteiger charge is 2.31. The predicted octanol–water partition coefficient (Wildman–Crippen LogP) is 3.55. The summed E-state index contributed by atoms with van der Waals surface area (Å²) < 4.78 is 14.9. The maximum atomic E-state index is 13.1. The first-order valence-corrected chi connectivity index (χ1v) is 7.77. The lowest BCUT2D eigenvalue weighted by Gasteiger charge is -2.22. The molecule has 0 bridgehead atoms. The zero-order valence-corrected chi connectivity index (χ0v) is 12.3. The molecule has 0 aliphatic carbocycles. The van der Waals surface area contributed by atoms with Crippen LogP contribution in [0.5, 0.6) is 0 Å². The number of imidazole rings is 1. The number of nitrogens with zero attached hydrogens (tertiary/aromatic N) is 2. The van der Waals surface area contributed by atoms with Crippen LogP contribution in [0.15, 0.2) is 48.1 Å². The molecule has 0 saturated heterocycles. The van der Waals surface area contributed by atoms with Gasteiger partial charge in [-0.1, -0.05) is 6.07 Å². The van der Waals surface area contributed by atoms with E-state index in [1.54, 1.807) is 34.4 Å². The minimum atomic E-state index is -0.293. The maximum absolute atomic E-state index is 13.1. The van der Waals surface area contributed by atoms with Gasteiger partial charge in [-0.2, -0.15) is 0 Å². The van der Waals surface area contributed by atoms with Gasteiger partial charge in [-0.25, -0.2) is 9.37 Å². The Morgan fingerprint density at radius 1 is 1.27 bits per heavy atom. The summed E-state index contributed by atoms with van der Waals surface area (Å²) in [4.78, 5) is 17.7. The van der Waals surface area contributed by atoms with Gasteiger partial charge in [0, 0.05) is 22.9 Å². The quantitative estimate of drug-likeness (QED) is 0.786. The third kappa shape index (κ3) is 2.12. The smallest absolute Gasteiger partial charge is 0.226 e. The van der Waals surface area contributed by atoms with Crippen molar-refractivity contribution in [2.45, 2.75) is 12.3 Å². The number of carbonyl (C=O) groups excluding carboxylic acids is 1. The van der Waals surface area contributed by atoms with Gasteiger partial charge in [0.1, 0.15) is 18.0 Å². The zero-order chi connectivity index (χ0) is 15.1. The molecule has 1 aliphatic heterocycles. The highest BCUT2D eigenvalue weighted by molar-refractivity contribution is 7.10. The molecule has 1 aliphatic rings. The molecule has 0 saturated carbocycles. The molecule has 1 amide bonds. The summed E-state index contributed by atoms with van der Waals surface area (Å²) in [5.74, 6) is 0.319. The lowest BCUT2D eigenvalue weighted by atomic mass is 9.96. The van der Waals surface area contributed by atoms with Crippen LogP contribution in [0.4, 0.5) is 10.2 Å². The van der Waals surface area contributed by atoms with E-state index in [0.29, 0.717) is 12.2 Å². The monoisotopic (exact) mass is 313 g/mol. The van der Waals surface area contributed by atoms with E-state index in [-0.39, 0.29) is 17.6 Å². The van der Waals surface area contributed by atoms with E-state index in [2.05, 4.69) is 10.3 Å². The molecule has 110 valence electrons. The van der Waals surface area contributed by atoms with Gasteiger partial charge >= 0.3 is 0 Å². The summed E-state index contributed by atoms with van der Waals surface area (Å²) >= 11 is 1.62. The van der Waals surface area contributed by atoms with E-state index in [0.717, 1.165) is 16.3 Å². The third-order valence-electron chi connectivity index (χ3n) is 3.76. The fraction of sp³-hybridized carbons (Fsp3) is 0.125. The average molecular weight is 313 g/mol. The Morgan fingerprint density at radius 3 is 2.82 bits per heavy atom. The molecule has 3 heterocycles. The molecular formula is C16H12FN3OS. The number of nitrogens with one attached hydrogen (secondary N) is 1. The second-order valence-corrected chi connectivity index (χ2v) is 6.12. The Kier molecular flexibility index (Phi) is 3.04. The number of rotatable bonds is 2. The summed E-state index contributed by atoms with van der Waals surface area (Å²) in [6.45, 7) is 0. The van der Waals surface area contributed by atoms with Crippen molar-refractivity contribution in [2.24, 2.45) is 0 Å². The first kappa shape index (κ1) is 13.2. The van der Waals surface area contributed by atoms with Crippen LogP contribution < -0.4 is 5.32 Å². The van der Waals surface area contributed by atoms with Gasteiger partial charge in [0.15, 0.2) is 0 Å². The van der Waals surface area contributed by atoms with Crippen LogP contribution in [0.25, 0.3) is 5.69 Å². The van der Waals surface area contributed by atoms with E-state index in [1.165, 1.54) is 12.1 Å². The van der Waals surface area contributed by atoms with Crippen molar-refractivity contribution >= 4 is 23.1 Å². The van der Waals surface area contributed by atoms with Crippen LogP contribution >= 0.6 is 11.3 Å². The van der Waals surface area contributed by atoms with Crippen molar-refractivity contribution in [3.63, 3.8) is 0 Å². The third-order valence-corrected chi connectivity index (χ3v) is 4.75. The fourth-order valence-electron chi connectivity index (χ4n) is 2.73. The molecule has 22 heavy (non-hydrogen) atoms. The fourth-order valence-corrected chi connectivity index (χ4v) is 3.56. The van der Waals surface area contributed by atoms with Crippen molar-refractivity contribution in [3.8, 4) is 5.69 Å². The molecule has 0 spiro atoms. The lowest BCUT2D eigenvalue weighted by molar-refractivity contribution is -0.116. The van der Waals surface area contributed by atoms with Gasteiger partial charge in [0.2, 0.25) is 5.91 Å². The summed E-state index contributed by atoms with van der Waals surface area (Å²) in [5.41, 5.74) is 1.62. The maximum Gasteiger partial charge on any atom is 0.226 e. The highest BCUT2D eigenvalue weighted by atomic mass is 32.1. The Morgan fingerprint density at radius 2 is 2.09 bits per heavy atom. The summed E-state index contributed by atoms with van der Waals surface area (Å²) in [7, 11) is 0. The first-order chi connectivity index (χ1) is 10.7. The van der Waals surface area contributed by atoms with Gasteiger partial charge in [-0.05, 0) is 35.7 Å². The van der Waals surface area contributed by atoms with E-state index in [9.17, 15) is 9.18 Å². The molecule has 0 fully saturated rings. The highest BCUT2D eigenvalue weighted by Crippen LogP contribution is 2.38. The van der Waals surface area contributed by atoms with Crippen LogP contribution in [-0.4, -0.2) is 15.5 Å². The van der Waals surface area contributed by atoms with Gasteiger partial charge in [-0.15, -0.1) is 11.3 Å². The zero-order valence-electron chi connectivity index (χ0n) is 11.5. The molecule has 1 N–H and O–H groups in total. The van der Waals surface area contributed by atoms with Gasteiger partial charge in [0.25, 0.3) is 0 Å². The topological polar surface area (TPSA) is 46.9 Å². The van der Waals surface area contributed by atoms with Crippen molar-refractivity contribution < 1.29 is 9.18 Å². The second-order valence-electron chi connectivity index (χ2n) is 5.15. The second kappa shape index (κ2) is 5.06. The molecule has 4 nitrogen and oxygen atoms in total. The normalized spacial score (nSPS) is 17.1. The number of benzene rings is 1. The first-order valence-electron chi connectivity index (χ1n) is 6.89. The Bertz CT molecular complexity index is 824. The number of amides is 1. The number of aromatic nitrogens is 2. The molecule has 6 heteroatoms. The Labute approximate surface area is 130 Å². The van der Waals surface area contributed by atoms with Crippen LogP contribution in [-0.2, 0) is 4.79 Å². The number of thiophene rings is 1. The van der Waals surface area contributed by atoms with Crippen molar-refractivity contribution in [2.75, 3.05) is 5.32 Å². The minimum absolute atomic E-state index is 0.0227. The van der Waals surface area contributed by atoms with Crippen molar-refractivity contribution in [1.82, 2.24) is 9.55 Å². The molecule has 2 aromatic heterocycles. The minimum Gasteiger partial charge on any atom is -0.310 e. The molecule has 4 rings (SSSR count). The summed E-state index contributed by atoms with van der Waals surface area (Å²) in [6, 6.07) is 10.1. The molecule has 1 unspecified atom stereocenters. The van der Waals surface area contributed by atoms with E-state index >= 15 is 0 Å². The molecule has 0 radical (unpaired) electrons. The van der Waals surface area contributed by atoms with Crippen LogP contribution in [0.2, 0.25) is 0 Å². The van der Waals surface area contributed by atoms with Crippen LogP contribution in [0.3, 0.4) is 0 Å². The number of halogens is 1. The van der Waals surface area contributed by atoms with Gasteiger partial charge < -0.3 is 5.32 Å². The number of fused-ring (bicyclic) bond motifs is 1. The van der Waals surface area contributed by atoms with E-state index < -0.39 is 0 Å².